The summed E-state index contributed by atoms with van der Waals surface area (Å²) in [6.45, 7) is 12.4. The Morgan fingerprint density at radius 1 is 1.11 bits per heavy atom. The molecule has 152 valence electrons. The summed E-state index contributed by atoms with van der Waals surface area (Å²) < 4.78 is 0. The molecule has 0 saturated heterocycles. The highest BCUT2D eigenvalue weighted by atomic mass is 32.2. The Morgan fingerprint density at radius 2 is 1.64 bits per heavy atom. The molecule has 1 amide bonds. The van der Waals surface area contributed by atoms with E-state index in [9.17, 15) is 14.7 Å². The van der Waals surface area contributed by atoms with Gasteiger partial charge in [-0.1, -0.05) is 53.3 Å². The van der Waals surface area contributed by atoms with Crippen molar-refractivity contribution in [1.29, 1.82) is 0 Å². The van der Waals surface area contributed by atoms with Gasteiger partial charge in [-0.25, -0.2) is 0 Å². The van der Waals surface area contributed by atoms with E-state index in [0.717, 1.165) is 16.7 Å². The normalized spacial score (nSPS) is 16.7. The van der Waals surface area contributed by atoms with Gasteiger partial charge in [0, 0.05) is 23.9 Å². The van der Waals surface area contributed by atoms with E-state index in [1.165, 1.54) is 16.7 Å². The number of phenols is 1. The first-order valence-corrected chi connectivity index (χ1v) is 10.1. The van der Waals surface area contributed by atoms with Crippen molar-refractivity contribution in [2.75, 3.05) is 6.54 Å². The van der Waals surface area contributed by atoms with Gasteiger partial charge in [0.05, 0.1) is 11.3 Å². The summed E-state index contributed by atoms with van der Waals surface area (Å²) in [4.78, 5) is 25.5. The standard InChI is InChI=1S/C22H29NO4S/c1-21(2,3)15-11-14(12-16(19(15)26)22(4,5)6)13-17-20(27)23(9-10-28-17)8-7-18(24)25/h9-13,26H,7-8H2,1-6H3,(H,24,25). The summed E-state index contributed by atoms with van der Waals surface area (Å²) in [5.74, 6) is -0.850. The first kappa shape index (κ1) is 22.1. The van der Waals surface area contributed by atoms with Crippen molar-refractivity contribution in [2.45, 2.75) is 58.8 Å². The first-order valence-electron chi connectivity index (χ1n) is 9.26. The molecule has 6 heteroatoms. The number of rotatable bonds is 4. The molecule has 1 aromatic carbocycles. The van der Waals surface area contributed by atoms with Gasteiger partial charge in [0.1, 0.15) is 5.75 Å². The highest BCUT2D eigenvalue weighted by Crippen LogP contribution is 2.40. The van der Waals surface area contributed by atoms with Crippen LogP contribution in [0.5, 0.6) is 5.75 Å². The van der Waals surface area contributed by atoms with Crippen molar-refractivity contribution in [3.8, 4) is 5.75 Å². The summed E-state index contributed by atoms with van der Waals surface area (Å²) in [6, 6.07) is 3.84. The number of carbonyl (C=O) groups is 2. The topological polar surface area (TPSA) is 77.8 Å². The molecule has 5 nitrogen and oxygen atoms in total. The molecular formula is C22H29NO4S. The maximum Gasteiger partial charge on any atom is 0.305 e. The Kier molecular flexibility index (Phi) is 6.34. The van der Waals surface area contributed by atoms with Crippen LogP contribution >= 0.6 is 11.8 Å². The fraction of sp³-hybridized carbons (Fsp3) is 0.455. The molecular weight excluding hydrogens is 374 g/mol. The van der Waals surface area contributed by atoms with Gasteiger partial charge < -0.3 is 15.1 Å². The quantitative estimate of drug-likeness (QED) is 0.703. The molecule has 1 aromatic rings. The Bertz CT molecular complexity index is 806. The smallest absolute Gasteiger partial charge is 0.305 e. The molecule has 0 bridgehead atoms. The van der Waals surface area contributed by atoms with Crippen molar-refractivity contribution >= 4 is 29.7 Å². The minimum Gasteiger partial charge on any atom is -0.507 e. The minimum absolute atomic E-state index is 0.102. The Labute approximate surface area is 171 Å². The van der Waals surface area contributed by atoms with Gasteiger partial charge in [0.15, 0.2) is 0 Å². The van der Waals surface area contributed by atoms with Gasteiger partial charge >= 0.3 is 5.97 Å². The Hall–Kier alpha value is -2.21. The van der Waals surface area contributed by atoms with Crippen LogP contribution in [0.1, 0.15) is 64.7 Å². The number of carbonyl (C=O) groups excluding carboxylic acids is 1. The van der Waals surface area contributed by atoms with Crippen LogP contribution in [0.2, 0.25) is 0 Å². The van der Waals surface area contributed by atoms with E-state index < -0.39 is 5.97 Å². The van der Waals surface area contributed by atoms with Crippen molar-refractivity contribution in [3.05, 3.63) is 45.3 Å². The number of carboxylic acid groups (broad SMARTS) is 1. The number of amides is 1. The maximum atomic E-state index is 12.7. The van der Waals surface area contributed by atoms with Crippen LogP contribution in [0.3, 0.4) is 0 Å². The van der Waals surface area contributed by atoms with E-state index in [1.54, 1.807) is 11.6 Å². The number of carboxylic acids is 1. The van der Waals surface area contributed by atoms with Crippen LogP contribution in [-0.4, -0.2) is 33.5 Å². The van der Waals surface area contributed by atoms with E-state index in [4.69, 9.17) is 5.11 Å². The van der Waals surface area contributed by atoms with Crippen LogP contribution in [0.25, 0.3) is 6.08 Å². The predicted octanol–water partition coefficient (Wildman–Crippen LogP) is 4.85. The van der Waals surface area contributed by atoms with Crippen LogP contribution in [0.4, 0.5) is 0 Å². The third-order valence-electron chi connectivity index (χ3n) is 4.52. The van der Waals surface area contributed by atoms with Crippen LogP contribution in [0, 0.1) is 0 Å². The van der Waals surface area contributed by atoms with Crippen molar-refractivity contribution < 1.29 is 19.8 Å². The lowest BCUT2D eigenvalue weighted by molar-refractivity contribution is -0.137. The molecule has 0 fully saturated rings. The zero-order chi connectivity index (χ0) is 21.3. The number of benzene rings is 1. The van der Waals surface area contributed by atoms with Crippen LogP contribution in [0.15, 0.2) is 28.6 Å². The lowest BCUT2D eigenvalue weighted by Gasteiger charge is -2.28. The van der Waals surface area contributed by atoms with Crippen molar-refractivity contribution in [2.24, 2.45) is 0 Å². The Balaban J connectivity index is 2.48. The summed E-state index contributed by atoms with van der Waals surface area (Å²) in [5.41, 5.74) is 2.00. The molecule has 0 spiro atoms. The number of phenolic OH excluding ortho intramolecular Hbond substituents is 1. The first-order chi connectivity index (χ1) is 12.8. The number of aromatic hydroxyl groups is 1. The van der Waals surface area contributed by atoms with E-state index >= 15 is 0 Å². The second-order valence-electron chi connectivity index (χ2n) is 9.02. The molecule has 2 N–H and O–H groups in total. The zero-order valence-electron chi connectivity index (χ0n) is 17.4. The Morgan fingerprint density at radius 3 is 2.11 bits per heavy atom. The monoisotopic (exact) mass is 403 g/mol. The van der Waals surface area contributed by atoms with Crippen LogP contribution < -0.4 is 0 Å². The highest BCUT2D eigenvalue weighted by Gasteiger charge is 2.27. The van der Waals surface area contributed by atoms with Gasteiger partial charge in [-0.15, -0.1) is 0 Å². The summed E-state index contributed by atoms with van der Waals surface area (Å²) in [7, 11) is 0. The predicted molar refractivity (Wildman–Crippen MR) is 114 cm³/mol. The summed E-state index contributed by atoms with van der Waals surface area (Å²) in [6.07, 6.45) is 3.33. The number of hydrogen-bond donors (Lipinski definition) is 2. The fourth-order valence-corrected chi connectivity index (χ4v) is 3.74. The van der Waals surface area contributed by atoms with Crippen molar-refractivity contribution in [1.82, 2.24) is 4.90 Å². The highest BCUT2D eigenvalue weighted by molar-refractivity contribution is 8.06. The molecule has 1 heterocycles. The molecule has 2 rings (SSSR count). The summed E-state index contributed by atoms with van der Waals surface area (Å²) in [5, 5.41) is 21.5. The minimum atomic E-state index is -0.937. The number of thioether (sulfide) groups is 1. The molecule has 28 heavy (non-hydrogen) atoms. The van der Waals surface area contributed by atoms with Gasteiger partial charge in [-0.2, -0.15) is 0 Å². The average molecular weight is 404 g/mol. The number of nitrogens with zero attached hydrogens (tertiary/aromatic N) is 1. The summed E-state index contributed by atoms with van der Waals surface area (Å²) >= 11 is 1.31. The lowest BCUT2D eigenvalue weighted by Crippen LogP contribution is -2.30. The van der Waals surface area contributed by atoms with E-state index in [1.807, 2.05) is 59.8 Å². The third kappa shape index (κ3) is 5.19. The molecule has 0 radical (unpaired) electrons. The van der Waals surface area contributed by atoms with E-state index in [-0.39, 0.29) is 29.7 Å². The number of aliphatic carboxylic acids is 1. The molecule has 0 atom stereocenters. The second kappa shape index (κ2) is 8.03. The van der Waals surface area contributed by atoms with Crippen LogP contribution in [-0.2, 0) is 20.4 Å². The third-order valence-corrected chi connectivity index (χ3v) is 5.32. The lowest BCUT2D eigenvalue weighted by atomic mass is 9.78. The second-order valence-corrected chi connectivity index (χ2v) is 9.97. The average Bonchev–Trinajstić information content (AvgIpc) is 2.54. The van der Waals surface area contributed by atoms with E-state index in [0.29, 0.717) is 10.7 Å². The molecule has 1 aliphatic rings. The maximum absolute atomic E-state index is 12.7. The fourth-order valence-electron chi connectivity index (χ4n) is 2.96. The van der Waals surface area contributed by atoms with Gasteiger partial charge in [0.25, 0.3) is 5.91 Å². The van der Waals surface area contributed by atoms with E-state index in [2.05, 4.69) is 0 Å². The molecule has 1 aliphatic heterocycles. The van der Waals surface area contributed by atoms with Gasteiger partial charge in [0.2, 0.25) is 0 Å². The largest absolute Gasteiger partial charge is 0.507 e. The number of hydrogen-bond acceptors (Lipinski definition) is 4. The zero-order valence-corrected chi connectivity index (χ0v) is 18.2. The molecule has 0 aliphatic carbocycles. The molecule has 0 unspecified atom stereocenters. The molecule has 0 aromatic heterocycles. The van der Waals surface area contributed by atoms with Crippen molar-refractivity contribution in [3.63, 3.8) is 0 Å². The molecule has 0 saturated carbocycles. The van der Waals surface area contributed by atoms with Gasteiger partial charge in [-0.05, 0) is 40.0 Å². The SMILES string of the molecule is CC(C)(C)c1cc(C=C2SC=CN(CCC(=O)O)C2=O)cc(C(C)(C)C)c1O. The van der Waals surface area contributed by atoms with Gasteiger partial charge in [-0.3, -0.25) is 9.59 Å².